The summed E-state index contributed by atoms with van der Waals surface area (Å²) in [5.41, 5.74) is 6.24. The highest BCUT2D eigenvalue weighted by Gasteiger charge is 2.22. The number of rotatable bonds is 8. The molecule has 1 rings (SSSR count). The minimum Gasteiger partial charge on any atom is -0.409 e. The summed E-state index contributed by atoms with van der Waals surface area (Å²) in [4.78, 5) is 15.0. The Hall–Kier alpha value is -1.70. The first-order chi connectivity index (χ1) is 9.99. The van der Waals surface area contributed by atoms with Crippen molar-refractivity contribution in [2.45, 2.75) is 40.0 Å². The topological polar surface area (TPSA) is 105 Å². The van der Waals surface area contributed by atoms with Gasteiger partial charge in [-0.05, 0) is 23.9 Å². The third-order valence-electron chi connectivity index (χ3n) is 2.88. The Kier molecular flexibility index (Phi) is 7.07. The van der Waals surface area contributed by atoms with Gasteiger partial charge in [-0.3, -0.25) is 4.79 Å². The van der Waals surface area contributed by atoms with E-state index in [1.165, 1.54) is 0 Å². The van der Waals surface area contributed by atoms with E-state index in [0.29, 0.717) is 30.3 Å². The van der Waals surface area contributed by atoms with Crippen LogP contribution in [0.5, 0.6) is 0 Å². The number of aromatic nitrogens is 2. The fourth-order valence-electron chi connectivity index (χ4n) is 1.93. The fourth-order valence-corrected chi connectivity index (χ4v) is 2.61. The molecule has 0 bridgehead atoms. The quantitative estimate of drug-likeness (QED) is 0.329. The summed E-state index contributed by atoms with van der Waals surface area (Å²) in [7, 11) is 0. The van der Waals surface area contributed by atoms with Crippen molar-refractivity contribution in [1.29, 1.82) is 0 Å². The van der Waals surface area contributed by atoms with Gasteiger partial charge in [0.2, 0.25) is 0 Å². The molecule has 7 nitrogen and oxygen atoms in total. The van der Waals surface area contributed by atoms with Crippen LogP contribution in [0.3, 0.4) is 0 Å². The summed E-state index contributed by atoms with van der Waals surface area (Å²) in [5.74, 6) is 0.373. The second kappa shape index (κ2) is 8.56. The van der Waals surface area contributed by atoms with E-state index in [-0.39, 0.29) is 11.7 Å². The molecule has 0 aromatic carbocycles. The highest BCUT2D eigenvalue weighted by Crippen LogP contribution is 2.16. The summed E-state index contributed by atoms with van der Waals surface area (Å²) in [6, 6.07) is 0. The van der Waals surface area contributed by atoms with Crippen LogP contribution in [-0.2, 0) is 6.42 Å². The van der Waals surface area contributed by atoms with Gasteiger partial charge in [0.1, 0.15) is 10.7 Å². The molecule has 0 fully saturated rings. The van der Waals surface area contributed by atoms with Gasteiger partial charge in [0.15, 0.2) is 0 Å². The van der Waals surface area contributed by atoms with Crippen LogP contribution in [0.15, 0.2) is 5.16 Å². The van der Waals surface area contributed by atoms with Crippen molar-refractivity contribution >= 4 is 23.3 Å². The van der Waals surface area contributed by atoms with E-state index in [1.807, 2.05) is 20.8 Å². The number of carbonyl (C=O) groups is 1. The molecule has 8 heteroatoms. The maximum Gasteiger partial charge on any atom is 0.267 e. The van der Waals surface area contributed by atoms with E-state index in [2.05, 4.69) is 14.7 Å². The molecule has 1 aromatic rings. The van der Waals surface area contributed by atoms with Gasteiger partial charge in [-0.15, -0.1) is 5.10 Å². The molecule has 1 heterocycles. The Morgan fingerprint density at radius 1 is 1.52 bits per heavy atom. The molecular formula is C13H23N5O2S. The van der Waals surface area contributed by atoms with E-state index in [9.17, 15) is 4.79 Å². The molecule has 0 saturated heterocycles. The normalized spacial score (nSPS) is 11.9. The van der Waals surface area contributed by atoms with Crippen LogP contribution in [0.2, 0.25) is 0 Å². The van der Waals surface area contributed by atoms with Crippen molar-refractivity contribution in [2.75, 3.05) is 13.1 Å². The lowest BCUT2D eigenvalue weighted by atomic mass is 10.1. The van der Waals surface area contributed by atoms with Crippen LogP contribution in [-0.4, -0.2) is 44.5 Å². The molecule has 118 valence electrons. The number of nitrogens with zero attached hydrogens (tertiary/aromatic N) is 4. The standard InChI is InChI=1S/C13H23N5O2S/c1-4-5-10-12(21-17-15-10)13(19)18(8-9(2)3)7-6-11(14)16-20/h9,20H,4-8H2,1-3H3,(H2,14,16). The van der Waals surface area contributed by atoms with E-state index >= 15 is 0 Å². The molecule has 1 aromatic heterocycles. The Bertz CT molecular complexity index is 487. The average molecular weight is 313 g/mol. The predicted molar refractivity (Wildman–Crippen MR) is 82.7 cm³/mol. The average Bonchev–Trinajstić information content (AvgIpc) is 2.90. The maximum atomic E-state index is 12.7. The lowest BCUT2D eigenvalue weighted by Gasteiger charge is -2.24. The summed E-state index contributed by atoms with van der Waals surface area (Å²) >= 11 is 1.13. The first kappa shape index (κ1) is 17.4. The molecule has 0 aliphatic rings. The van der Waals surface area contributed by atoms with Crippen molar-refractivity contribution in [1.82, 2.24) is 14.5 Å². The van der Waals surface area contributed by atoms with Crippen LogP contribution < -0.4 is 5.73 Å². The lowest BCUT2D eigenvalue weighted by Crippen LogP contribution is -2.36. The monoisotopic (exact) mass is 313 g/mol. The van der Waals surface area contributed by atoms with E-state index in [1.54, 1.807) is 4.90 Å². The SMILES string of the molecule is CCCc1nnsc1C(=O)N(CCC(N)=NO)CC(C)C. The van der Waals surface area contributed by atoms with Crippen LogP contribution >= 0.6 is 11.5 Å². The maximum absolute atomic E-state index is 12.7. The Morgan fingerprint density at radius 2 is 2.24 bits per heavy atom. The van der Waals surface area contributed by atoms with Gasteiger partial charge in [-0.2, -0.15) is 0 Å². The summed E-state index contributed by atoms with van der Waals surface area (Å²) in [5, 5.41) is 15.6. The van der Waals surface area contributed by atoms with Gasteiger partial charge in [0.25, 0.3) is 5.91 Å². The van der Waals surface area contributed by atoms with Gasteiger partial charge in [0, 0.05) is 19.5 Å². The molecule has 0 saturated carbocycles. The zero-order chi connectivity index (χ0) is 15.8. The third-order valence-corrected chi connectivity index (χ3v) is 3.63. The Balaban J connectivity index is 2.85. The van der Waals surface area contributed by atoms with Crippen LogP contribution in [0.1, 0.15) is 49.0 Å². The number of carbonyl (C=O) groups excluding carboxylic acids is 1. The number of amides is 1. The molecule has 0 aliphatic carbocycles. The smallest absolute Gasteiger partial charge is 0.267 e. The van der Waals surface area contributed by atoms with Gasteiger partial charge < -0.3 is 15.8 Å². The molecule has 0 radical (unpaired) electrons. The first-order valence-electron chi connectivity index (χ1n) is 7.06. The van der Waals surface area contributed by atoms with Crippen molar-refractivity contribution in [2.24, 2.45) is 16.8 Å². The van der Waals surface area contributed by atoms with Gasteiger partial charge in [0.05, 0.1) is 5.69 Å². The van der Waals surface area contributed by atoms with Gasteiger partial charge in [-0.1, -0.05) is 36.8 Å². The van der Waals surface area contributed by atoms with Crippen molar-refractivity contribution in [3.05, 3.63) is 10.6 Å². The zero-order valence-corrected chi connectivity index (χ0v) is 13.6. The van der Waals surface area contributed by atoms with E-state index < -0.39 is 0 Å². The second-order valence-electron chi connectivity index (χ2n) is 5.29. The summed E-state index contributed by atoms with van der Waals surface area (Å²) in [6.07, 6.45) is 2.00. The number of amidine groups is 1. The molecule has 0 unspecified atom stereocenters. The van der Waals surface area contributed by atoms with Crippen LogP contribution in [0, 0.1) is 5.92 Å². The van der Waals surface area contributed by atoms with Gasteiger partial charge in [-0.25, -0.2) is 0 Å². The number of oxime groups is 1. The zero-order valence-electron chi connectivity index (χ0n) is 12.7. The minimum atomic E-state index is -0.0760. The Labute approximate surface area is 129 Å². The summed E-state index contributed by atoms with van der Waals surface area (Å²) < 4.78 is 3.89. The first-order valence-corrected chi connectivity index (χ1v) is 7.83. The van der Waals surface area contributed by atoms with Crippen molar-refractivity contribution < 1.29 is 10.0 Å². The van der Waals surface area contributed by atoms with Crippen molar-refractivity contribution in [3.8, 4) is 0 Å². The highest BCUT2D eigenvalue weighted by molar-refractivity contribution is 7.08. The Morgan fingerprint density at radius 3 is 2.81 bits per heavy atom. The molecule has 0 aliphatic heterocycles. The van der Waals surface area contributed by atoms with Crippen LogP contribution in [0.25, 0.3) is 0 Å². The number of hydrogen-bond acceptors (Lipinski definition) is 6. The molecule has 21 heavy (non-hydrogen) atoms. The molecule has 0 atom stereocenters. The summed E-state index contributed by atoms with van der Waals surface area (Å²) in [6.45, 7) is 7.15. The predicted octanol–water partition coefficient (Wildman–Crippen LogP) is 1.73. The number of nitrogens with two attached hydrogens (primary N) is 1. The second-order valence-corrected chi connectivity index (χ2v) is 6.04. The minimum absolute atomic E-state index is 0.0760. The highest BCUT2D eigenvalue weighted by atomic mass is 32.1. The van der Waals surface area contributed by atoms with E-state index in [4.69, 9.17) is 10.9 Å². The molecule has 1 amide bonds. The number of hydrogen-bond donors (Lipinski definition) is 2. The van der Waals surface area contributed by atoms with E-state index in [0.717, 1.165) is 30.1 Å². The third kappa shape index (κ3) is 5.30. The molecular weight excluding hydrogens is 290 g/mol. The fraction of sp³-hybridized carbons (Fsp3) is 0.692. The van der Waals surface area contributed by atoms with Crippen molar-refractivity contribution in [3.63, 3.8) is 0 Å². The number of aryl methyl sites for hydroxylation is 1. The van der Waals surface area contributed by atoms with Crippen LogP contribution in [0.4, 0.5) is 0 Å². The van der Waals surface area contributed by atoms with Gasteiger partial charge >= 0.3 is 0 Å². The lowest BCUT2D eigenvalue weighted by molar-refractivity contribution is 0.0744. The molecule has 3 N–H and O–H groups in total. The molecule has 0 spiro atoms. The largest absolute Gasteiger partial charge is 0.409 e.